The van der Waals surface area contributed by atoms with Gasteiger partial charge in [-0.1, -0.05) is 19.9 Å². The van der Waals surface area contributed by atoms with Gasteiger partial charge in [0.1, 0.15) is 17.6 Å². The van der Waals surface area contributed by atoms with Crippen LogP contribution in [0, 0.1) is 5.92 Å². The third-order valence-electron chi connectivity index (χ3n) is 3.96. The first kappa shape index (κ1) is 13.2. The monoisotopic (exact) mass is 249 g/mol. The van der Waals surface area contributed by atoms with Crippen molar-refractivity contribution in [1.29, 1.82) is 0 Å². The Labute approximate surface area is 109 Å². The molecule has 1 aromatic rings. The summed E-state index contributed by atoms with van der Waals surface area (Å²) in [7, 11) is 1.67. The van der Waals surface area contributed by atoms with Crippen LogP contribution < -0.4 is 15.2 Å². The van der Waals surface area contributed by atoms with E-state index in [0.29, 0.717) is 5.92 Å². The van der Waals surface area contributed by atoms with E-state index in [9.17, 15) is 0 Å². The molecule has 2 rings (SSSR count). The number of methoxy groups -OCH3 is 1. The van der Waals surface area contributed by atoms with E-state index in [-0.39, 0.29) is 12.1 Å². The first-order chi connectivity index (χ1) is 8.69. The quantitative estimate of drug-likeness (QED) is 0.890. The van der Waals surface area contributed by atoms with Gasteiger partial charge in [0.2, 0.25) is 0 Å². The van der Waals surface area contributed by atoms with Gasteiger partial charge in [-0.2, -0.15) is 0 Å². The van der Waals surface area contributed by atoms with Crippen LogP contribution in [-0.4, -0.2) is 13.2 Å². The second kappa shape index (κ2) is 5.61. The van der Waals surface area contributed by atoms with Crippen LogP contribution in [0.5, 0.6) is 11.5 Å². The van der Waals surface area contributed by atoms with Gasteiger partial charge >= 0.3 is 0 Å². The maximum atomic E-state index is 6.25. The normalized spacial score (nSPS) is 22.5. The minimum absolute atomic E-state index is 0.0743. The van der Waals surface area contributed by atoms with Gasteiger partial charge in [-0.15, -0.1) is 0 Å². The molecule has 2 N–H and O–H groups in total. The summed E-state index contributed by atoms with van der Waals surface area (Å²) in [6.07, 6.45) is 3.40. The molecule has 0 amide bonds. The van der Waals surface area contributed by atoms with E-state index in [2.05, 4.69) is 13.8 Å². The van der Waals surface area contributed by atoms with E-state index in [4.69, 9.17) is 15.2 Å². The molecule has 1 aliphatic heterocycles. The van der Waals surface area contributed by atoms with Crippen molar-refractivity contribution < 1.29 is 9.47 Å². The summed E-state index contributed by atoms with van der Waals surface area (Å²) in [4.78, 5) is 0. The molecule has 0 aliphatic carbocycles. The highest BCUT2D eigenvalue weighted by Gasteiger charge is 2.30. The molecule has 3 heteroatoms. The summed E-state index contributed by atoms with van der Waals surface area (Å²) < 4.78 is 11.4. The maximum absolute atomic E-state index is 6.25. The predicted octanol–water partition coefficient (Wildman–Crippen LogP) is 3.28. The predicted molar refractivity (Wildman–Crippen MR) is 73.0 cm³/mol. The van der Waals surface area contributed by atoms with Gasteiger partial charge in [0.05, 0.1) is 7.11 Å². The summed E-state index contributed by atoms with van der Waals surface area (Å²) in [6.45, 7) is 4.42. The average Bonchev–Trinajstić information content (AvgIpc) is 2.39. The topological polar surface area (TPSA) is 44.5 Å². The standard InChI is InChI=1S/C15H23NO2/c1-4-10(5-2)14-9-13(16)12-7-6-11(17-3)8-15(12)18-14/h6-8,10,13-14H,4-5,9,16H2,1-3H3. The number of hydrogen-bond donors (Lipinski definition) is 1. The van der Waals surface area contributed by atoms with Crippen LogP contribution in [0.2, 0.25) is 0 Å². The summed E-state index contributed by atoms with van der Waals surface area (Å²) >= 11 is 0. The molecule has 0 fully saturated rings. The van der Waals surface area contributed by atoms with E-state index in [0.717, 1.165) is 36.3 Å². The van der Waals surface area contributed by atoms with Gasteiger partial charge in [-0.25, -0.2) is 0 Å². The smallest absolute Gasteiger partial charge is 0.128 e. The number of hydrogen-bond acceptors (Lipinski definition) is 3. The molecule has 100 valence electrons. The molecule has 1 aromatic carbocycles. The molecular formula is C15H23NO2. The molecule has 18 heavy (non-hydrogen) atoms. The van der Waals surface area contributed by atoms with Crippen LogP contribution in [0.4, 0.5) is 0 Å². The van der Waals surface area contributed by atoms with E-state index < -0.39 is 0 Å². The largest absolute Gasteiger partial charge is 0.497 e. The van der Waals surface area contributed by atoms with E-state index in [1.807, 2.05) is 18.2 Å². The third kappa shape index (κ3) is 2.46. The van der Waals surface area contributed by atoms with E-state index in [1.165, 1.54) is 0 Å². The van der Waals surface area contributed by atoms with Crippen LogP contribution in [0.3, 0.4) is 0 Å². The van der Waals surface area contributed by atoms with Gasteiger partial charge in [-0.05, 0) is 24.8 Å². The fourth-order valence-corrected chi connectivity index (χ4v) is 2.74. The van der Waals surface area contributed by atoms with Crippen molar-refractivity contribution >= 4 is 0 Å². The molecular weight excluding hydrogens is 226 g/mol. The molecule has 0 radical (unpaired) electrons. The Hall–Kier alpha value is -1.22. The number of ether oxygens (including phenoxy) is 2. The Balaban J connectivity index is 2.25. The zero-order valence-electron chi connectivity index (χ0n) is 11.5. The molecule has 0 saturated heterocycles. The highest BCUT2D eigenvalue weighted by molar-refractivity contribution is 5.43. The Kier molecular flexibility index (Phi) is 4.12. The van der Waals surface area contributed by atoms with Crippen LogP contribution in [0.25, 0.3) is 0 Å². The van der Waals surface area contributed by atoms with Gasteiger partial charge in [-0.3, -0.25) is 0 Å². The first-order valence-corrected chi connectivity index (χ1v) is 6.79. The van der Waals surface area contributed by atoms with Crippen molar-refractivity contribution in [3.63, 3.8) is 0 Å². The zero-order valence-corrected chi connectivity index (χ0v) is 11.5. The van der Waals surface area contributed by atoms with E-state index in [1.54, 1.807) is 7.11 Å². The molecule has 2 unspecified atom stereocenters. The van der Waals surface area contributed by atoms with Crippen molar-refractivity contribution in [3.05, 3.63) is 23.8 Å². The van der Waals surface area contributed by atoms with Crippen molar-refractivity contribution in [2.45, 2.75) is 45.3 Å². The second-order valence-corrected chi connectivity index (χ2v) is 4.98. The van der Waals surface area contributed by atoms with Crippen LogP contribution in [-0.2, 0) is 0 Å². The SMILES string of the molecule is CCC(CC)C1CC(N)c2ccc(OC)cc2O1. The van der Waals surface area contributed by atoms with Crippen molar-refractivity contribution in [1.82, 2.24) is 0 Å². The van der Waals surface area contributed by atoms with Crippen LogP contribution in [0.1, 0.15) is 44.7 Å². The molecule has 0 bridgehead atoms. The summed E-state index contributed by atoms with van der Waals surface area (Å²) in [5, 5.41) is 0. The van der Waals surface area contributed by atoms with E-state index >= 15 is 0 Å². The lowest BCUT2D eigenvalue weighted by Crippen LogP contribution is -2.34. The summed E-state index contributed by atoms with van der Waals surface area (Å²) in [5.74, 6) is 2.30. The molecule has 1 heterocycles. The molecule has 1 aliphatic rings. The van der Waals surface area contributed by atoms with Gasteiger partial charge in [0.25, 0.3) is 0 Å². The summed E-state index contributed by atoms with van der Waals surface area (Å²) in [6, 6.07) is 5.98. The number of nitrogens with two attached hydrogens (primary N) is 1. The van der Waals surface area contributed by atoms with Crippen molar-refractivity contribution in [3.8, 4) is 11.5 Å². The second-order valence-electron chi connectivity index (χ2n) is 4.98. The third-order valence-corrected chi connectivity index (χ3v) is 3.96. The van der Waals surface area contributed by atoms with Crippen molar-refractivity contribution in [2.24, 2.45) is 11.7 Å². The van der Waals surface area contributed by atoms with Crippen LogP contribution >= 0.6 is 0 Å². The highest BCUT2D eigenvalue weighted by atomic mass is 16.5. The van der Waals surface area contributed by atoms with Gasteiger partial charge in [0, 0.05) is 24.1 Å². The Bertz CT molecular complexity index is 401. The molecule has 3 nitrogen and oxygen atoms in total. The minimum atomic E-state index is 0.0743. The number of benzene rings is 1. The molecule has 0 spiro atoms. The lowest BCUT2D eigenvalue weighted by molar-refractivity contribution is 0.0941. The highest BCUT2D eigenvalue weighted by Crippen LogP contribution is 2.38. The Morgan fingerprint density at radius 1 is 1.39 bits per heavy atom. The lowest BCUT2D eigenvalue weighted by atomic mass is 9.87. The fraction of sp³-hybridized carbons (Fsp3) is 0.600. The summed E-state index contributed by atoms with van der Waals surface area (Å²) in [5.41, 5.74) is 7.35. The Morgan fingerprint density at radius 3 is 2.72 bits per heavy atom. The molecule has 2 atom stereocenters. The van der Waals surface area contributed by atoms with Crippen LogP contribution in [0.15, 0.2) is 18.2 Å². The maximum Gasteiger partial charge on any atom is 0.128 e. The van der Waals surface area contributed by atoms with Gasteiger partial charge < -0.3 is 15.2 Å². The lowest BCUT2D eigenvalue weighted by Gasteiger charge is -2.34. The molecule has 0 aromatic heterocycles. The average molecular weight is 249 g/mol. The number of fused-ring (bicyclic) bond motifs is 1. The number of rotatable bonds is 4. The fourth-order valence-electron chi connectivity index (χ4n) is 2.74. The van der Waals surface area contributed by atoms with Gasteiger partial charge in [0.15, 0.2) is 0 Å². The first-order valence-electron chi connectivity index (χ1n) is 6.79. The minimum Gasteiger partial charge on any atom is -0.497 e. The van der Waals surface area contributed by atoms with Crippen molar-refractivity contribution in [2.75, 3.05) is 7.11 Å². The zero-order chi connectivity index (χ0) is 13.1. The molecule has 0 saturated carbocycles. The Morgan fingerprint density at radius 2 is 2.11 bits per heavy atom.